The molecule has 0 aliphatic carbocycles. The van der Waals surface area contributed by atoms with Crippen LogP contribution < -0.4 is 16.0 Å². The van der Waals surface area contributed by atoms with Crippen LogP contribution in [0.4, 0.5) is 5.82 Å². The van der Waals surface area contributed by atoms with Gasteiger partial charge in [-0.25, -0.2) is 4.98 Å². The molecule has 12 heteroatoms. The SMILES string of the molecule is CC(=S)NCCCCCCN=C1Nc2c(ncn2[C@@H]2O[C@H](CO)C(O)[C@@H]2O)C(S)N1. The topological polar surface area (TPSA) is 136 Å². The van der Waals surface area contributed by atoms with E-state index in [0.29, 0.717) is 24.0 Å². The number of rotatable bonds is 9. The molecule has 10 nitrogen and oxygen atoms in total. The number of hydrogen-bond donors (Lipinski definition) is 7. The van der Waals surface area contributed by atoms with Crippen LogP contribution in [0, 0.1) is 0 Å². The van der Waals surface area contributed by atoms with Gasteiger partial charge in [-0.15, -0.1) is 12.6 Å². The van der Waals surface area contributed by atoms with Crippen molar-refractivity contribution in [3.05, 3.63) is 12.0 Å². The smallest absolute Gasteiger partial charge is 0.198 e. The van der Waals surface area contributed by atoms with E-state index in [4.69, 9.17) is 17.0 Å². The lowest BCUT2D eigenvalue weighted by Gasteiger charge is -2.26. The number of unbranched alkanes of at least 4 members (excludes halogenated alkanes) is 3. The van der Waals surface area contributed by atoms with Crippen molar-refractivity contribution in [2.45, 2.75) is 62.5 Å². The van der Waals surface area contributed by atoms with E-state index in [0.717, 1.165) is 37.2 Å². The number of aromatic nitrogens is 2. The summed E-state index contributed by atoms with van der Waals surface area (Å²) in [6.07, 6.45) is 1.65. The van der Waals surface area contributed by atoms with Crippen molar-refractivity contribution in [2.24, 2.45) is 4.99 Å². The summed E-state index contributed by atoms with van der Waals surface area (Å²) < 4.78 is 7.21. The molecule has 30 heavy (non-hydrogen) atoms. The normalized spacial score (nSPS) is 29.4. The Kier molecular flexibility index (Phi) is 8.31. The van der Waals surface area contributed by atoms with Gasteiger partial charge in [0.05, 0.1) is 17.9 Å². The lowest BCUT2D eigenvalue weighted by molar-refractivity contribution is -0.0518. The Morgan fingerprint density at radius 3 is 2.80 bits per heavy atom. The average molecular weight is 459 g/mol. The molecule has 0 radical (unpaired) electrons. The van der Waals surface area contributed by atoms with Gasteiger partial charge in [-0.05, 0) is 19.8 Å². The molecule has 2 aliphatic heterocycles. The number of fused-ring (bicyclic) bond motifs is 1. The molecule has 0 saturated carbocycles. The zero-order chi connectivity index (χ0) is 21.7. The Balaban J connectivity index is 1.55. The number of aliphatic hydroxyl groups excluding tert-OH is 3. The first kappa shape index (κ1) is 23.2. The zero-order valence-corrected chi connectivity index (χ0v) is 18.6. The molecule has 1 aromatic rings. The standard InChI is InChI=1S/C18H30N6O4S2/c1-10(29)19-6-4-2-3-5-7-20-18-22-15-12(16(30)23-18)21-9-24(15)17-14(27)13(26)11(8-25)28-17/h9,11,13-14,16-17,25-27,30H,2-8H2,1H3,(H,19,29)(H2,20,22,23)/t11-,13?,14+,16?,17-/m1/s1. The minimum atomic E-state index is -1.19. The van der Waals surface area contributed by atoms with Gasteiger partial charge < -0.3 is 36.0 Å². The maximum Gasteiger partial charge on any atom is 0.198 e. The monoisotopic (exact) mass is 458 g/mol. The molecule has 0 aromatic carbocycles. The number of nitrogens with one attached hydrogen (secondary N) is 3. The van der Waals surface area contributed by atoms with Crippen molar-refractivity contribution in [1.82, 2.24) is 20.2 Å². The van der Waals surface area contributed by atoms with Crippen molar-refractivity contribution in [3.8, 4) is 0 Å². The number of thiocarbonyl (C=S) groups is 1. The van der Waals surface area contributed by atoms with Crippen molar-refractivity contribution in [1.29, 1.82) is 0 Å². The Bertz CT molecular complexity index is 761. The molecule has 0 bridgehead atoms. The van der Waals surface area contributed by atoms with E-state index >= 15 is 0 Å². The maximum absolute atomic E-state index is 10.3. The number of thiol groups is 1. The van der Waals surface area contributed by atoms with Crippen molar-refractivity contribution in [3.63, 3.8) is 0 Å². The van der Waals surface area contributed by atoms with Gasteiger partial charge >= 0.3 is 0 Å². The lowest BCUT2D eigenvalue weighted by Crippen LogP contribution is -2.39. The van der Waals surface area contributed by atoms with E-state index in [2.05, 4.69) is 38.6 Å². The third-order valence-corrected chi connectivity index (χ3v) is 5.63. The molecule has 3 rings (SSSR count). The summed E-state index contributed by atoms with van der Waals surface area (Å²) in [5, 5.41) is 38.8. The summed E-state index contributed by atoms with van der Waals surface area (Å²) in [4.78, 5) is 9.73. The lowest BCUT2D eigenvalue weighted by atomic mass is 10.1. The molecule has 1 saturated heterocycles. The highest BCUT2D eigenvalue weighted by atomic mass is 32.1. The molecule has 1 fully saturated rings. The van der Waals surface area contributed by atoms with E-state index in [9.17, 15) is 15.3 Å². The summed E-state index contributed by atoms with van der Waals surface area (Å²) in [6, 6.07) is 0. The number of aliphatic hydroxyl groups is 3. The van der Waals surface area contributed by atoms with Crippen LogP contribution in [0.5, 0.6) is 0 Å². The molecule has 2 unspecified atom stereocenters. The maximum atomic E-state index is 10.3. The molecule has 1 aromatic heterocycles. The number of anilines is 1. The third kappa shape index (κ3) is 5.42. The number of ether oxygens (including phenoxy) is 1. The van der Waals surface area contributed by atoms with Gasteiger partial charge in [0.25, 0.3) is 0 Å². The predicted octanol–water partition coefficient (Wildman–Crippen LogP) is 0.291. The van der Waals surface area contributed by atoms with Crippen molar-refractivity contribution >= 4 is 41.6 Å². The minimum Gasteiger partial charge on any atom is -0.394 e. The van der Waals surface area contributed by atoms with E-state index in [1.807, 2.05) is 6.92 Å². The van der Waals surface area contributed by atoms with Crippen molar-refractivity contribution < 1.29 is 20.1 Å². The summed E-state index contributed by atoms with van der Waals surface area (Å²) in [5.41, 5.74) is 0.636. The zero-order valence-electron chi connectivity index (χ0n) is 16.9. The highest BCUT2D eigenvalue weighted by Crippen LogP contribution is 2.36. The van der Waals surface area contributed by atoms with Crippen molar-refractivity contribution in [2.75, 3.05) is 25.0 Å². The van der Waals surface area contributed by atoms with Crippen LogP contribution in [0.1, 0.15) is 49.9 Å². The molecule has 3 heterocycles. The molecule has 5 atom stereocenters. The van der Waals surface area contributed by atoms with Gasteiger partial charge in [0.2, 0.25) is 0 Å². The van der Waals surface area contributed by atoms with Gasteiger partial charge in [-0.1, -0.05) is 25.1 Å². The summed E-state index contributed by atoms with van der Waals surface area (Å²) in [5.74, 6) is 1.15. The van der Waals surface area contributed by atoms with Gasteiger partial charge in [0.1, 0.15) is 35.2 Å². The second-order valence-electron chi connectivity index (χ2n) is 7.41. The number of hydrogen-bond acceptors (Lipinski definition) is 8. The van der Waals surface area contributed by atoms with Crippen LogP contribution in [0.15, 0.2) is 11.3 Å². The molecule has 0 spiro atoms. The Hall–Kier alpha value is -1.44. The van der Waals surface area contributed by atoms with E-state index in [-0.39, 0.29) is 12.0 Å². The Labute approximate surface area is 186 Å². The van der Waals surface area contributed by atoms with Gasteiger partial charge in [0, 0.05) is 13.1 Å². The average Bonchev–Trinajstić information content (AvgIpc) is 3.25. The van der Waals surface area contributed by atoms with Crippen LogP contribution in [0.25, 0.3) is 0 Å². The van der Waals surface area contributed by atoms with Crippen LogP contribution in [-0.4, -0.2) is 73.8 Å². The first-order valence-corrected chi connectivity index (χ1v) is 11.0. The number of nitrogens with zero attached hydrogens (tertiary/aromatic N) is 3. The highest BCUT2D eigenvalue weighted by Gasteiger charge is 2.44. The molecular formula is C18H30N6O4S2. The van der Waals surface area contributed by atoms with Crippen LogP contribution >= 0.6 is 24.8 Å². The fourth-order valence-electron chi connectivity index (χ4n) is 3.48. The highest BCUT2D eigenvalue weighted by molar-refractivity contribution is 7.80. The molecule has 168 valence electrons. The first-order valence-electron chi connectivity index (χ1n) is 10.1. The molecular weight excluding hydrogens is 428 g/mol. The van der Waals surface area contributed by atoms with E-state index < -0.39 is 24.5 Å². The number of aliphatic imine (C=N–C) groups is 1. The molecule has 6 N–H and O–H groups in total. The second-order valence-corrected chi connectivity index (χ2v) is 8.54. The summed E-state index contributed by atoms with van der Waals surface area (Å²) in [7, 11) is 0. The number of guanidine groups is 1. The van der Waals surface area contributed by atoms with Gasteiger partial charge in [-0.3, -0.25) is 9.56 Å². The van der Waals surface area contributed by atoms with E-state index in [1.54, 1.807) is 4.57 Å². The largest absolute Gasteiger partial charge is 0.394 e. The minimum absolute atomic E-state index is 0.373. The fraction of sp³-hybridized carbons (Fsp3) is 0.722. The predicted molar refractivity (Wildman–Crippen MR) is 121 cm³/mol. The quantitative estimate of drug-likeness (QED) is 0.158. The fourth-order valence-corrected chi connectivity index (χ4v) is 3.90. The van der Waals surface area contributed by atoms with Crippen LogP contribution in [-0.2, 0) is 4.74 Å². The number of imidazole rings is 1. The van der Waals surface area contributed by atoms with Crippen LogP contribution in [0.2, 0.25) is 0 Å². The third-order valence-electron chi connectivity index (χ3n) is 5.11. The summed E-state index contributed by atoms with van der Waals surface area (Å²) in [6.45, 7) is 3.06. The van der Waals surface area contributed by atoms with Gasteiger partial charge in [-0.2, -0.15) is 0 Å². The first-order chi connectivity index (χ1) is 14.4. The second kappa shape index (κ2) is 10.7. The Morgan fingerprint density at radius 1 is 1.33 bits per heavy atom. The van der Waals surface area contributed by atoms with E-state index in [1.165, 1.54) is 6.33 Å². The summed E-state index contributed by atoms with van der Waals surface area (Å²) >= 11 is 9.52. The molecule has 2 aliphatic rings. The van der Waals surface area contributed by atoms with Crippen LogP contribution in [0.3, 0.4) is 0 Å². The van der Waals surface area contributed by atoms with Gasteiger partial charge in [0.15, 0.2) is 12.2 Å². The molecule has 0 amide bonds. The Morgan fingerprint density at radius 2 is 2.10 bits per heavy atom.